The van der Waals surface area contributed by atoms with E-state index in [4.69, 9.17) is 4.74 Å². The maximum atomic E-state index is 15.6. The quantitative estimate of drug-likeness (QED) is 0.473. The Morgan fingerprint density at radius 1 is 1.03 bits per heavy atom. The molecule has 1 N–H and O–H groups in total. The van der Waals surface area contributed by atoms with Gasteiger partial charge in [-0.05, 0) is 30.0 Å². The summed E-state index contributed by atoms with van der Waals surface area (Å²) in [5.41, 5.74) is 2.04. The summed E-state index contributed by atoms with van der Waals surface area (Å²) < 4.78 is 63.1. The normalized spacial score (nSPS) is 19.9. The molecule has 6 nitrogen and oxygen atoms in total. The maximum absolute atomic E-state index is 15.6. The number of carbonyl (C=O) groups is 1. The third-order valence-corrected chi connectivity index (χ3v) is 7.69. The summed E-state index contributed by atoms with van der Waals surface area (Å²) in [4.78, 5) is 14.1. The van der Waals surface area contributed by atoms with Crippen LogP contribution >= 0.6 is 0 Å². The summed E-state index contributed by atoms with van der Waals surface area (Å²) >= 11 is 0. The average molecular weight is 515 g/mol. The molecule has 3 aromatic carbocycles. The molecule has 1 amide bonds. The number of sulfonamides is 1. The third-order valence-electron chi connectivity index (χ3n) is 6.30. The van der Waals surface area contributed by atoms with E-state index in [9.17, 15) is 13.2 Å². The zero-order valence-electron chi connectivity index (χ0n) is 19.8. The van der Waals surface area contributed by atoms with Gasteiger partial charge in [0.1, 0.15) is 18.6 Å². The minimum Gasteiger partial charge on any atom is -0.445 e. The number of nitrogens with zero attached hydrogens (tertiary/aromatic N) is 1. The fraction of sp³-hybridized carbons (Fsp3) is 0.296. The molecule has 3 atom stereocenters. The van der Waals surface area contributed by atoms with Crippen molar-refractivity contribution in [1.82, 2.24) is 9.62 Å². The van der Waals surface area contributed by atoms with E-state index in [0.717, 1.165) is 10.5 Å². The molecule has 190 valence electrons. The molecule has 1 aliphatic heterocycles. The summed E-state index contributed by atoms with van der Waals surface area (Å²) in [6.45, 7) is 1.05. The van der Waals surface area contributed by atoms with Gasteiger partial charge in [-0.15, -0.1) is 0 Å². The van der Waals surface area contributed by atoms with Gasteiger partial charge in [0, 0.05) is 5.56 Å². The Kier molecular flexibility index (Phi) is 8.01. The number of halogens is 2. The van der Waals surface area contributed by atoms with E-state index in [1.165, 1.54) is 6.92 Å². The Bertz CT molecular complexity index is 1290. The van der Waals surface area contributed by atoms with Crippen molar-refractivity contribution in [2.45, 2.75) is 38.2 Å². The lowest BCUT2D eigenvalue weighted by Gasteiger charge is -2.28. The largest absolute Gasteiger partial charge is 0.445 e. The number of hydrogen-bond donors (Lipinski definition) is 1. The molecule has 0 radical (unpaired) electrons. The molecule has 36 heavy (non-hydrogen) atoms. The van der Waals surface area contributed by atoms with Crippen LogP contribution in [0, 0.1) is 5.82 Å². The van der Waals surface area contributed by atoms with Crippen LogP contribution in [0.15, 0.2) is 78.9 Å². The molecule has 0 saturated carbocycles. The van der Waals surface area contributed by atoms with Gasteiger partial charge < -0.3 is 9.64 Å². The Balaban J connectivity index is 1.62. The Labute approximate surface area is 210 Å². The van der Waals surface area contributed by atoms with E-state index in [1.54, 1.807) is 66.7 Å². The SMILES string of the molecule is CCS(=O)(=O)N[C@H]1[C@@H](F)CN(C(=O)OCc2ccccc2)[C@H]1Cc1cccc(-c2ccccc2)c1F. The van der Waals surface area contributed by atoms with Crippen LogP contribution in [-0.4, -0.2) is 50.0 Å². The molecule has 1 heterocycles. The maximum Gasteiger partial charge on any atom is 0.410 e. The van der Waals surface area contributed by atoms with E-state index >= 15 is 8.78 Å². The minimum absolute atomic E-state index is 0.0247. The molecule has 0 bridgehead atoms. The molecular formula is C27H28F2N2O4S. The van der Waals surface area contributed by atoms with Gasteiger partial charge in [-0.1, -0.05) is 78.9 Å². The third kappa shape index (κ3) is 5.91. The number of rotatable bonds is 8. The number of alkyl halides is 1. The van der Waals surface area contributed by atoms with Crippen molar-refractivity contribution < 1.29 is 26.7 Å². The number of nitrogens with one attached hydrogen (secondary N) is 1. The van der Waals surface area contributed by atoms with Crippen LogP contribution in [0.3, 0.4) is 0 Å². The molecule has 1 saturated heterocycles. The second-order valence-corrected chi connectivity index (χ2v) is 10.7. The number of benzene rings is 3. The van der Waals surface area contributed by atoms with Crippen molar-refractivity contribution in [2.75, 3.05) is 12.3 Å². The molecule has 1 aliphatic rings. The van der Waals surface area contributed by atoms with Gasteiger partial charge in [0.05, 0.1) is 24.4 Å². The number of carbonyl (C=O) groups excluding carboxylic acids is 1. The second-order valence-electron chi connectivity index (χ2n) is 8.67. The molecule has 4 rings (SSSR count). The van der Waals surface area contributed by atoms with E-state index in [-0.39, 0.29) is 30.9 Å². The molecule has 1 fully saturated rings. The Morgan fingerprint density at radius 3 is 2.36 bits per heavy atom. The van der Waals surface area contributed by atoms with Gasteiger partial charge >= 0.3 is 6.09 Å². The van der Waals surface area contributed by atoms with Crippen LogP contribution in [-0.2, 0) is 27.8 Å². The highest BCUT2D eigenvalue weighted by molar-refractivity contribution is 7.89. The number of ether oxygens (including phenoxy) is 1. The highest BCUT2D eigenvalue weighted by Crippen LogP contribution is 2.30. The summed E-state index contributed by atoms with van der Waals surface area (Å²) in [7, 11) is -3.79. The van der Waals surface area contributed by atoms with Crippen molar-refractivity contribution in [3.05, 3.63) is 95.8 Å². The first kappa shape index (κ1) is 25.8. The van der Waals surface area contributed by atoms with Gasteiger partial charge in [0.2, 0.25) is 10.0 Å². The molecule has 3 aromatic rings. The van der Waals surface area contributed by atoms with E-state index in [2.05, 4.69) is 4.72 Å². The summed E-state index contributed by atoms with van der Waals surface area (Å²) in [5, 5.41) is 0. The number of hydrogen-bond acceptors (Lipinski definition) is 4. The topological polar surface area (TPSA) is 75.7 Å². The summed E-state index contributed by atoms with van der Waals surface area (Å²) in [6.07, 6.45) is -2.56. The smallest absolute Gasteiger partial charge is 0.410 e. The minimum atomic E-state index is -3.79. The Hall–Kier alpha value is -3.30. The molecule has 9 heteroatoms. The van der Waals surface area contributed by atoms with Gasteiger partial charge in [0.25, 0.3) is 0 Å². The first-order valence-corrected chi connectivity index (χ1v) is 13.4. The lowest BCUT2D eigenvalue weighted by atomic mass is 9.96. The lowest BCUT2D eigenvalue weighted by molar-refractivity contribution is 0.0894. The molecular weight excluding hydrogens is 486 g/mol. The standard InChI is InChI=1S/C27H28F2N2O4S/c1-2-36(33,34)30-26-23(28)17-31(27(32)35-18-19-10-5-3-6-11-19)24(26)16-21-14-9-15-22(25(21)29)20-12-7-4-8-13-20/h3-15,23-24,26,30H,2,16-18H2,1H3/t23-,24-,26-/m0/s1. The van der Waals surface area contributed by atoms with Crippen LogP contribution in [0.1, 0.15) is 18.1 Å². The summed E-state index contributed by atoms with van der Waals surface area (Å²) in [6, 6.07) is 20.7. The highest BCUT2D eigenvalue weighted by Gasteiger charge is 2.46. The van der Waals surface area contributed by atoms with Crippen molar-refractivity contribution in [1.29, 1.82) is 0 Å². The van der Waals surface area contributed by atoms with E-state index in [1.807, 2.05) is 12.1 Å². The highest BCUT2D eigenvalue weighted by atomic mass is 32.2. The predicted molar refractivity (Wildman–Crippen MR) is 134 cm³/mol. The van der Waals surface area contributed by atoms with Crippen molar-refractivity contribution >= 4 is 16.1 Å². The van der Waals surface area contributed by atoms with Crippen LogP contribution in [0.4, 0.5) is 13.6 Å². The fourth-order valence-corrected chi connectivity index (χ4v) is 5.25. The monoisotopic (exact) mass is 514 g/mol. The van der Waals surface area contributed by atoms with Gasteiger partial charge in [-0.25, -0.2) is 26.7 Å². The van der Waals surface area contributed by atoms with Crippen LogP contribution < -0.4 is 4.72 Å². The Morgan fingerprint density at radius 2 is 1.69 bits per heavy atom. The van der Waals surface area contributed by atoms with Crippen LogP contribution in [0.25, 0.3) is 11.1 Å². The summed E-state index contributed by atoms with van der Waals surface area (Å²) in [5.74, 6) is -0.750. The van der Waals surface area contributed by atoms with Crippen molar-refractivity contribution in [3.8, 4) is 11.1 Å². The van der Waals surface area contributed by atoms with E-state index < -0.39 is 40.2 Å². The first-order chi connectivity index (χ1) is 17.3. The first-order valence-electron chi connectivity index (χ1n) is 11.7. The van der Waals surface area contributed by atoms with Crippen LogP contribution in [0.5, 0.6) is 0 Å². The molecule has 0 aliphatic carbocycles. The van der Waals surface area contributed by atoms with Crippen molar-refractivity contribution in [3.63, 3.8) is 0 Å². The zero-order chi connectivity index (χ0) is 25.7. The fourth-order valence-electron chi connectivity index (χ4n) is 4.37. The number of likely N-dealkylation sites (tertiary alicyclic amines) is 1. The van der Waals surface area contributed by atoms with Gasteiger partial charge in [-0.2, -0.15) is 0 Å². The van der Waals surface area contributed by atoms with Crippen LogP contribution in [0.2, 0.25) is 0 Å². The molecule has 0 unspecified atom stereocenters. The molecule has 0 aromatic heterocycles. The van der Waals surface area contributed by atoms with Crippen molar-refractivity contribution in [2.24, 2.45) is 0 Å². The van der Waals surface area contributed by atoms with E-state index in [0.29, 0.717) is 11.1 Å². The second kappa shape index (κ2) is 11.2. The number of amides is 1. The van der Waals surface area contributed by atoms with Gasteiger partial charge in [-0.3, -0.25) is 0 Å². The molecule has 0 spiro atoms. The lowest BCUT2D eigenvalue weighted by Crippen LogP contribution is -2.50. The zero-order valence-corrected chi connectivity index (χ0v) is 20.6. The van der Waals surface area contributed by atoms with Gasteiger partial charge in [0.15, 0.2) is 0 Å². The average Bonchev–Trinajstić information content (AvgIpc) is 3.19. The predicted octanol–water partition coefficient (Wildman–Crippen LogP) is 4.70.